The third-order valence-corrected chi connectivity index (χ3v) is 4.87. The molecule has 9 heteroatoms. The smallest absolute Gasteiger partial charge is 0.200 e. The largest absolute Gasteiger partial charge is 0.507 e. The fourth-order valence-corrected chi connectivity index (χ4v) is 3.18. The van der Waals surface area contributed by atoms with Gasteiger partial charge in [-0.25, -0.2) is 0 Å². The molecular weight excluding hydrogens is 376 g/mol. The zero-order valence-corrected chi connectivity index (χ0v) is 15.8. The Morgan fingerprint density at radius 2 is 1.62 bits per heavy atom. The summed E-state index contributed by atoms with van der Waals surface area (Å²) in [6, 6.07) is 5.94. The summed E-state index contributed by atoms with van der Waals surface area (Å²) in [6.45, 7) is 2.22. The summed E-state index contributed by atoms with van der Waals surface area (Å²) in [7, 11) is 1.99. The minimum absolute atomic E-state index is 0.0347. The number of nitrogen functional groups attached to an aromatic ring is 1. The summed E-state index contributed by atoms with van der Waals surface area (Å²) >= 11 is 0. The number of benzene rings is 2. The number of hydrogen-bond acceptors (Lipinski definition) is 9. The van der Waals surface area contributed by atoms with Gasteiger partial charge in [-0.15, -0.1) is 0 Å². The van der Waals surface area contributed by atoms with Crippen molar-refractivity contribution in [3.8, 4) is 11.5 Å². The van der Waals surface area contributed by atoms with E-state index in [1.807, 2.05) is 7.05 Å². The molecule has 2 aromatic rings. The van der Waals surface area contributed by atoms with Crippen LogP contribution in [0.25, 0.3) is 0 Å². The highest BCUT2D eigenvalue weighted by Crippen LogP contribution is 2.41. The summed E-state index contributed by atoms with van der Waals surface area (Å²) in [5.41, 5.74) is 5.38. The number of ketones is 2. The number of nitrogens with one attached hydrogen (secondary N) is 3. The summed E-state index contributed by atoms with van der Waals surface area (Å²) in [5.74, 6) is -2.05. The molecule has 0 spiro atoms. The lowest BCUT2D eigenvalue weighted by Crippen LogP contribution is -2.54. The van der Waals surface area contributed by atoms with E-state index in [2.05, 4.69) is 16.0 Å². The monoisotopic (exact) mass is 398 g/mol. The third kappa shape index (κ3) is 3.65. The van der Waals surface area contributed by atoms with Crippen LogP contribution in [0.15, 0.2) is 24.3 Å². The average molecular weight is 398 g/mol. The van der Waals surface area contributed by atoms with Crippen molar-refractivity contribution in [3.05, 3.63) is 46.5 Å². The van der Waals surface area contributed by atoms with Gasteiger partial charge in [0.2, 0.25) is 11.6 Å². The molecule has 0 radical (unpaired) electrons. The van der Waals surface area contributed by atoms with Crippen LogP contribution in [-0.2, 0) is 4.79 Å². The Balaban J connectivity index is 0.000000343. The number of phenolic OH excluding ortho intramolecular Hbond substituents is 2. The molecule has 0 atom stereocenters. The Morgan fingerprint density at radius 1 is 1.03 bits per heavy atom. The van der Waals surface area contributed by atoms with Crippen LogP contribution in [0.5, 0.6) is 11.5 Å². The average Bonchev–Trinajstić information content (AvgIpc) is 2.66. The van der Waals surface area contributed by atoms with Crippen molar-refractivity contribution in [2.24, 2.45) is 0 Å². The highest BCUT2D eigenvalue weighted by molar-refractivity contribution is 6.33. The summed E-state index contributed by atoms with van der Waals surface area (Å²) in [6.07, 6.45) is 0.595. The van der Waals surface area contributed by atoms with E-state index in [-0.39, 0.29) is 51.7 Å². The van der Waals surface area contributed by atoms with Crippen molar-refractivity contribution in [1.29, 1.82) is 0 Å². The molecule has 2 aliphatic rings. The van der Waals surface area contributed by atoms with Gasteiger partial charge in [0.1, 0.15) is 17.8 Å². The predicted molar refractivity (Wildman–Crippen MR) is 108 cm³/mol. The Bertz CT molecular complexity index is 983. The van der Waals surface area contributed by atoms with Gasteiger partial charge >= 0.3 is 0 Å². The number of hydrogen-bond donors (Lipinski definition) is 6. The molecule has 29 heavy (non-hydrogen) atoms. The van der Waals surface area contributed by atoms with E-state index in [4.69, 9.17) is 5.73 Å². The predicted octanol–water partition coefficient (Wildman–Crippen LogP) is 0.244. The number of nitrogens with two attached hydrogens (primary N) is 1. The van der Waals surface area contributed by atoms with E-state index < -0.39 is 11.6 Å². The number of carbonyl (C=O) groups is 3. The first-order valence-corrected chi connectivity index (χ1v) is 9.03. The molecule has 0 bridgehead atoms. The van der Waals surface area contributed by atoms with Gasteiger partial charge in [-0.1, -0.05) is 0 Å². The van der Waals surface area contributed by atoms with Crippen LogP contribution < -0.4 is 21.7 Å². The van der Waals surface area contributed by atoms with Crippen molar-refractivity contribution < 1.29 is 24.6 Å². The maximum absolute atomic E-state index is 12.8. The molecule has 0 saturated carbocycles. The molecular formula is C20H22N4O5. The van der Waals surface area contributed by atoms with Crippen LogP contribution >= 0.6 is 0 Å². The normalized spacial score (nSPS) is 14.8. The van der Waals surface area contributed by atoms with Crippen LogP contribution in [0.3, 0.4) is 0 Å². The maximum atomic E-state index is 12.8. The van der Waals surface area contributed by atoms with Crippen LogP contribution in [0.1, 0.15) is 31.8 Å². The van der Waals surface area contributed by atoms with Gasteiger partial charge in [0, 0.05) is 30.5 Å². The van der Waals surface area contributed by atoms with E-state index >= 15 is 0 Å². The van der Waals surface area contributed by atoms with Crippen molar-refractivity contribution in [1.82, 2.24) is 10.6 Å². The molecule has 1 aliphatic heterocycles. The molecule has 1 heterocycles. The molecule has 2 aromatic carbocycles. The summed E-state index contributed by atoms with van der Waals surface area (Å²) in [5, 5.41) is 29.0. The van der Waals surface area contributed by atoms with Crippen LogP contribution in [0.2, 0.25) is 0 Å². The second-order valence-electron chi connectivity index (χ2n) is 6.66. The van der Waals surface area contributed by atoms with E-state index in [1.54, 1.807) is 0 Å². The highest BCUT2D eigenvalue weighted by Gasteiger charge is 2.37. The van der Waals surface area contributed by atoms with E-state index in [0.717, 1.165) is 19.1 Å². The first kappa shape index (κ1) is 20.3. The van der Waals surface area contributed by atoms with Crippen LogP contribution in [0, 0.1) is 0 Å². The van der Waals surface area contributed by atoms with Gasteiger partial charge in [-0.05, 0) is 31.3 Å². The molecule has 1 fully saturated rings. The quantitative estimate of drug-likeness (QED) is 0.206. The number of rotatable bonds is 4. The van der Waals surface area contributed by atoms with Gasteiger partial charge < -0.3 is 36.7 Å². The minimum atomic E-state index is -0.657. The van der Waals surface area contributed by atoms with Gasteiger partial charge in [-0.2, -0.15) is 0 Å². The van der Waals surface area contributed by atoms with Crippen molar-refractivity contribution in [2.75, 3.05) is 37.7 Å². The van der Waals surface area contributed by atoms with Crippen LogP contribution in [0.4, 0.5) is 11.4 Å². The molecule has 7 N–H and O–H groups in total. The molecule has 1 aliphatic carbocycles. The maximum Gasteiger partial charge on any atom is 0.200 e. The number of anilines is 2. The van der Waals surface area contributed by atoms with Gasteiger partial charge in [-0.3, -0.25) is 9.59 Å². The zero-order valence-electron chi connectivity index (χ0n) is 15.8. The fourth-order valence-electron chi connectivity index (χ4n) is 3.18. The molecule has 9 nitrogen and oxygen atoms in total. The van der Waals surface area contributed by atoms with Crippen molar-refractivity contribution in [2.45, 2.75) is 6.04 Å². The third-order valence-electron chi connectivity index (χ3n) is 4.87. The SMILES string of the molecule is CNC1CNC1.Nc1ccc(O)c2c1C(=O)c1c(O)ccc(NCC=O)c1C2=O. The Hall–Kier alpha value is -3.43. The van der Waals surface area contributed by atoms with Gasteiger partial charge in [0.25, 0.3) is 0 Å². The lowest BCUT2D eigenvalue weighted by atomic mass is 9.81. The molecule has 4 rings (SSSR count). The topological polar surface area (TPSA) is 154 Å². The molecule has 0 aromatic heterocycles. The Morgan fingerprint density at radius 3 is 2.14 bits per heavy atom. The standard InChI is InChI=1S/C16H12N2O5.C4H10N2/c17-7-1-3-9(20)13-11(7)15(22)14-10(21)4-2-8(18-5-6-19)12(14)16(13)23;1-5-4-2-6-3-4/h1-4,6,18,20-21H,5,17H2;4-6H,2-3H2,1H3. The molecule has 1 saturated heterocycles. The first-order chi connectivity index (χ1) is 13.9. The van der Waals surface area contributed by atoms with E-state index in [9.17, 15) is 24.6 Å². The second-order valence-corrected chi connectivity index (χ2v) is 6.66. The minimum Gasteiger partial charge on any atom is -0.507 e. The Kier molecular flexibility index (Phi) is 5.81. The fraction of sp³-hybridized carbons (Fsp3) is 0.250. The molecule has 0 amide bonds. The number of aromatic hydroxyl groups is 2. The van der Waals surface area contributed by atoms with Gasteiger partial charge in [0.15, 0.2) is 0 Å². The lowest BCUT2D eigenvalue weighted by molar-refractivity contribution is -0.106. The van der Waals surface area contributed by atoms with E-state index in [1.165, 1.54) is 24.3 Å². The summed E-state index contributed by atoms with van der Waals surface area (Å²) in [4.78, 5) is 36.0. The molecule has 0 unspecified atom stereocenters. The highest BCUT2D eigenvalue weighted by atomic mass is 16.3. The number of aldehydes is 1. The zero-order chi connectivity index (χ0) is 21.1. The van der Waals surface area contributed by atoms with E-state index in [0.29, 0.717) is 6.29 Å². The van der Waals surface area contributed by atoms with Gasteiger partial charge in [0.05, 0.1) is 28.8 Å². The van der Waals surface area contributed by atoms with Crippen LogP contribution in [-0.4, -0.2) is 60.8 Å². The number of likely N-dealkylation sites (N-methyl/N-ethyl adjacent to an activating group) is 1. The first-order valence-electron chi connectivity index (χ1n) is 9.03. The van der Waals surface area contributed by atoms with Crippen molar-refractivity contribution >= 4 is 29.2 Å². The number of carbonyl (C=O) groups excluding carboxylic acids is 3. The number of phenols is 2. The Labute approximate surface area is 166 Å². The second kappa shape index (κ2) is 8.29. The lowest BCUT2D eigenvalue weighted by Gasteiger charge is -2.25. The van der Waals surface area contributed by atoms with Crippen molar-refractivity contribution in [3.63, 3.8) is 0 Å². The molecule has 152 valence electrons. The summed E-state index contributed by atoms with van der Waals surface area (Å²) < 4.78 is 0. The number of fused-ring (bicyclic) bond motifs is 2.